The maximum absolute atomic E-state index is 14.3. The van der Waals surface area contributed by atoms with Gasteiger partial charge in [-0.25, -0.2) is 13.5 Å². The number of hydrogen-bond donors (Lipinski definition) is 0. The van der Waals surface area contributed by atoms with Crippen molar-refractivity contribution in [3.05, 3.63) is 119 Å². The van der Waals surface area contributed by atoms with Gasteiger partial charge < -0.3 is 0 Å². The summed E-state index contributed by atoms with van der Waals surface area (Å²) < 4.78 is 95.3. The third-order valence-electron chi connectivity index (χ3n) is 6.35. The second-order valence-corrected chi connectivity index (χ2v) is 9.22. The second-order valence-electron chi connectivity index (χ2n) is 9.22. The predicted molar refractivity (Wildman–Crippen MR) is 136 cm³/mol. The fourth-order valence-electron chi connectivity index (χ4n) is 4.38. The molecule has 4 aromatic rings. The molecule has 0 heterocycles. The lowest BCUT2D eigenvalue weighted by Crippen LogP contribution is -2.29. The van der Waals surface area contributed by atoms with Crippen LogP contribution in [0.4, 0.5) is 30.7 Å². The fraction of sp³-hybridized carbons (Fsp3) is 0.226. The van der Waals surface area contributed by atoms with Crippen LogP contribution < -0.4 is 0 Å². The van der Waals surface area contributed by atoms with Crippen molar-refractivity contribution in [1.29, 1.82) is 0 Å². The van der Waals surface area contributed by atoms with E-state index in [4.69, 9.17) is 0 Å². The zero-order valence-corrected chi connectivity index (χ0v) is 21.0. The van der Waals surface area contributed by atoms with Gasteiger partial charge in [0.15, 0.2) is 0 Å². The molecule has 0 aliphatic heterocycles. The molecule has 0 fully saturated rings. The highest BCUT2D eigenvalue weighted by Crippen LogP contribution is 2.40. The van der Waals surface area contributed by atoms with Crippen LogP contribution in [-0.2, 0) is 30.1 Å². The summed E-state index contributed by atoms with van der Waals surface area (Å²) in [5.74, 6) is -3.69. The minimum atomic E-state index is -5.78. The Morgan fingerprint density at radius 1 is 0.538 bits per heavy atom. The Bertz CT molecular complexity index is 1370. The Kier molecular flexibility index (Phi) is 8.45. The molecule has 8 heteroatoms. The minimum Gasteiger partial charge on any atom is -0.222 e. The zero-order valence-electron chi connectivity index (χ0n) is 21.0. The Balaban J connectivity index is 1.41. The lowest BCUT2D eigenvalue weighted by atomic mass is 9.97. The molecule has 0 saturated heterocycles. The van der Waals surface area contributed by atoms with Crippen molar-refractivity contribution in [1.82, 2.24) is 0 Å². The number of halogens is 7. The van der Waals surface area contributed by atoms with Crippen LogP contribution >= 0.6 is 0 Å². The quantitative estimate of drug-likeness (QED) is 0.190. The van der Waals surface area contributed by atoms with Crippen molar-refractivity contribution >= 4 is 0 Å². The van der Waals surface area contributed by atoms with E-state index in [0.29, 0.717) is 24.1 Å². The van der Waals surface area contributed by atoms with E-state index < -0.39 is 29.7 Å². The first-order valence-electron chi connectivity index (χ1n) is 12.4. The topological polar surface area (TPSA) is 9.23 Å². The average molecular weight is 547 g/mol. The highest BCUT2D eigenvalue weighted by molar-refractivity contribution is 5.65. The first-order chi connectivity index (χ1) is 18.4. The van der Waals surface area contributed by atoms with Gasteiger partial charge >= 0.3 is 12.5 Å². The predicted octanol–water partition coefficient (Wildman–Crippen LogP) is 9.62. The van der Waals surface area contributed by atoms with Gasteiger partial charge in [0.05, 0.1) is 0 Å². The van der Waals surface area contributed by atoms with Gasteiger partial charge in [-0.1, -0.05) is 86.1 Å². The standard InChI is InChI=1S/C31H25F7O/c1-2-3-20-6-12-23(13-7-20)24-14-8-21(9-15-24)4-5-22-10-16-25(17-11-22)26-18-27(32)29(28(33)19-26)30(34,35)39-31(36,37)38/h6-19H,2-5H2,1H3. The number of hydrogen-bond acceptors (Lipinski definition) is 1. The van der Waals surface area contributed by atoms with Gasteiger partial charge in [-0.15, -0.1) is 13.2 Å². The fourth-order valence-corrected chi connectivity index (χ4v) is 4.38. The van der Waals surface area contributed by atoms with E-state index in [1.54, 1.807) is 24.3 Å². The summed E-state index contributed by atoms with van der Waals surface area (Å²) in [7, 11) is 0. The van der Waals surface area contributed by atoms with Crippen LogP contribution in [0.3, 0.4) is 0 Å². The van der Waals surface area contributed by atoms with Gasteiger partial charge in [0, 0.05) is 0 Å². The van der Waals surface area contributed by atoms with Crippen molar-refractivity contribution in [3.63, 3.8) is 0 Å². The SMILES string of the molecule is CCCc1ccc(-c2ccc(CCc3ccc(-c4cc(F)c(C(F)(F)OC(F)(F)F)c(F)c4)cc3)cc2)cc1. The van der Waals surface area contributed by atoms with Gasteiger partial charge in [-0.05, 0) is 70.3 Å². The Morgan fingerprint density at radius 3 is 1.26 bits per heavy atom. The molecule has 0 amide bonds. The minimum absolute atomic E-state index is 0.0959. The summed E-state index contributed by atoms with van der Waals surface area (Å²) in [4.78, 5) is 0. The van der Waals surface area contributed by atoms with Crippen LogP contribution in [0.2, 0.25) is 0 Å². The summed E-state index contributed by atoms with van der Waals surface area (Å²) in [6.07, 6.45) is -7.40. The van der Waals surface area contributed by atoms with Gasteiger partial charge in [0.2, 0.25) is 0 Å². The van der Waals surface area contributed by atoms with Crippen LogP contribution in [0, 0.1) is 11.6 Å². The molecular formula is C31H25F7O. The molecule has 0 unspecified atom stereocenters. The number of aryl methyl sites for hydroxylation is 3. The molecule has 0 aliphatic rings. The normalized spacial score (nSPS) is 12.1. The summed E-state index contributed by atoms with van der Waals surface area (Å²) >= 11 is 0. The molecule has 0 aliphatic carbocycles. The Hall–Kier alpha value is -3.65. The number of benzene rings is 4. The smallest absolute Gasteiger partial charge is 0.222 e. The average Bonchev–Trinajstić information content (AvgIpc) is 2.87. The second kappa shape index (κ2) is 11.6. The monoisotopic (exact) mass is 546 g/mol. The maximum atomic E-state index is 14.3. The number of rotatable bonds is 9. The molecule has 0 saturated carbocycles. The first-order valence-corrected chi connectivity index (χ1v) is 12.4. The van der Waals surface area contributed by atoms with E-state index in [-0.39, 0.29) is 5.56 Å². The molecule has 0 atom stereocenters. The van der Waals surface area contributed by atoms with Crippen molar-refractivity contribution in [3.8, 4) is 22.3 Å². The number of alkyl halides is 5. The molecule has 0 radical (unpaired) electrons. The van der Waals surface area contributed by atoms with Crippen molar-refractivity contribution in [2.24, 2.45) is 0 Å². The van der Waals surface area contributed by atoms with Gasteiger partial charge in [0.25, 0.3) is 0 Å². The molecule has 4 rings (SSSR count). The van der Waals surface area contributed by atoms with Crippen LogP contribution in [0.15, 0.2) is 84.9 Å². The summed E-state index contributed by atoms with van der Waals surface area (Å²) in [5, 5.41) is 0. The van der Waals surface area contributed by atoms with Crippen LogP contribution in [0.1, 0.15) is 35.6 Å². The molecule has 0 aromatic heterocycles. The third kappa shape index (κ3) is 7.26. The van der Waals surface area contributed by atoms with E-state index in [9.17, 15) is 30.7 Å². The molecule has 4 aromatic carbocycles. The number of ether oxygens (including phenoxy) is 1. The lowest BCUT2D eigenvalue weighted by molar-refractivity contribution is -0.432. The highest BCUT2D eigenvalue weighted by Gasteiger charge is 2.49. The Labute approximate surface area is 221 Å². The highest BCUT2D eigenvalue weighted by atomic mass is 19.4. The molecule has 204 valence electrons. The molecule has 0 bridgehead atoms. The van der Waals surface area contributed by atoms with Gasteiger partial charge in [-0.2, -0.15) is 8.78 Å². The summed E-state index contributed by atoms with van der Waals surface area (Å²) in [5.41, 5.74) is 3.78. The van der Waals surface area contributed by atoms with Crippen molar-refractivity contribution < 1.29 is 35.5 Å². The molecule has 0 N–H and O–H groups in total. The molecule has 39 heavy (non-hydrogen) atoms. The zero-order chi connectivity index (χ0) is 28.2. The Morgan fingerprint density at radius 2 is 0.897 bits per heavy atom. The van der Waals surface area contributed by atoms with E-state index in [1.165, 1.54) is 5.56 Å². The lowest BCUT2D eigenvalue weighted by Gasteiger charge is -2.20. The van der Waals surface area contributed by atoms with Crippen LogP contribution in [-0.4, -0.2) is 6.36 Å². The van der Waals surface area contributed by atoms with Crippen LogP contribution in [0.5, 0.6) is 0 Å². The first kappa shape index (κ1) is 28.4. The maximum Gasteiger partial charge on any atom is 0.527 e. The molecule has 1 nitrogen and oxygen atoms in total. The van der Waals surface area contributed by atoms with Gasteiger partial charge in [-0.3, -0.25) is 0 Å². The largest absolute Gasteiger partial charge is 0.527 e. The van der Waals surface area contributed by atoms with E-state index >= 15 is 0 Å². The molecule has 0 spiro atoms. The van der Waals surface area contributed by atoms with E-state index in [1.807, 2.05) is 0 Å². The summed E-state index contributed by atoms with van der Waals surface area (Å²) in [6.45, 7) is 2.15. The summed E-state index contributed by atoms with van der Waals surface area (Å²) in [6, 6.07) is 24.5. The van der Waals surface area contributed by atoms with Crippen molar-refractivity contribution in [2.75, 3.05) is 0 Å². The van der Waals surface area contributed by atoms with Crippen molar-refractivity contribution in [2.45, 2.75) is 45.1 Å². The van der Waals surface area contributed by atoms with E-state index in [0.717, 1.165) is 41.5 Å². The molecular weight excluding hydrogens is 521 g/mol. The van der Waals surface area contributed by atoms with Crippen LogP contribution in [0.25, 0.3) is 22.3 Å². The van der Waals surface area contributed by atoms with E-state index in [2.05, 4.69) is 60.2 Å². The third-order valence-corrected chi connectivity index (χ3v) is 6.35. The van der Waals surface area contributed by atoms with Gasteiger partial charge in [0.1, 0.15) is 17.2 Å².